The van der Waals surface area contributed by atoms with Crippen LogP contribution in [0, 0.1) is 0 Å². The van der Waals surface area contributed by atoms with Crippen molar-refractivity contribution in [3.05, 3.63) is 75.7 Å². The molecule has 1 heterocycles. The summed E-state index contributed by atoms with van der Waals surface area (Å²) in [7, 11) is -4.01. The van der Waals surface area contributed by atoms with Crippen LogP contribution in [0.15, 0.2) is 47.9 Å². The number of carbonyl (C=O) groups is 2. The van der Waals surface area contributed by atoms with E-state index in [1.165, 1.54) is 17.2 Å². The third kappa shape index (κ3) is 4.59. The van der Waals surface area contributed by atoms with Crippen LogP contribution in [-0.4, -0.2) is 37.8 Å². The van der Waals surface area contributed by atoms with Crippen LogP contribution in [0.5, 0.6) is 0 Å². The Labute approximate surface area is 200 Å². The molecule has 0 radical (unpaired) electrons. The molecule has 1 saturated heterocycles. The van der Waals surface area contributed by atoms with E-state index < -0.39 is 16.1 Å². The number of nitrogens with one attached hydrogen (secondary N) is 2. The summed E-state index contributed by atoms with van der Waals surface area (Å²) in [5, 5.41) is 3.86. The molecule has 8 heteroatoms. The van der Waals surface area contributed by atoms with Crippen molar-refractivity contribution in [2.75, 3.05) is 11.9 Å². The third-order valence-electron chi connectivity index (χ3n) is 7.01. The van der Waals surface area contributed by atoms with Gasteiger partial charge in [0.2, 0.25) is 0 Å². The first-order chi connectivity index (χ1) is 16.4. The van der Waals surface area contributed by atoms with Gasteiger partial charge in [0.1, 0.15) is 0 Å². The van der Waals surface area contributed by atoms with Crippen molar-refractivity contribution in [2.45, 2.75) is 57.4 Å². The first-order valence-electron chi connectivity index (χ1n) is 12.0. The zero-order valence-corrected chi connectivity index (χ0v) is 19.9. The molecule has 2 aromatic carbocycles. The second-order valence-corrected chi connectivity index (χ2v) is 10.8. The molecular weight excluding hydrogens is 450 g/mol. The molecule has 0 unspecified atom stereocenters. The van der Waals surface area contributed by atoms with E-state index in [0.29, 0.717) is 18.5 Å². The van der Waals surface area contributed by atoms with Gasteiger partial charge in [-0.3, -0.25) is 4.79 Å². The second kappa shape index (κ2) is 9.25. The number of rotatable bonds is 5. The van der Waals surface area contributed by atoms with E-state index in [4.69, 9.17) is 0 Å². The van der Waals surface area contributed by atoms with Crippen molar-refractivity contribution in [1.29, 1.82) is 0 Å². The van der Waals surface area contributed by atoms with E-state index in [2.05, 4.69) is 16.1 Å². The molecule has 2 aromatic rings. The van der Waals surface area contributed by atoms with Crippen LogP contribution in [0.3, 0.4) is 0 Å². The molecule has 178 valence electrons. The summed E-state index contributed by atoms with van der Waals surface area (Å²) < 4.78 is 27.4. The number of hydrogen-bond acceptors (Lipinski definition) is 4. The largest absolute Gasteiger partial charge is 0.333 e. The SMILES string of the molecule is O=C(Nc1c2c(cc3c1CCC3)CCC2)NS(=O)(=O)/C=C/[C@H]1CCCN1C(=O)c1ccccc1. The average molecular weight is 480 g/mol. The fourth-order valence-corrected chi connectivity index (χ4v) is 6.22. The van der Waals surface area contributed by atoms with Crippen LogP contribution in [0.1, 0.15) is 58.3 Å². The summed E-state index contributed by atoms with van der Waals surface area (Å²) in [5.74, 6) is -0.123. The van der Waals surface area contributed by atoms with Gasteiger partial charge < -0.3 is 10.2 Å². The first-order valence-corrected chi connectivity index (χ1v) is 13.5. The van der Waals surface area contributed by atoms with Gasteiger partial charge in [-0.25, -0.2) is 17.9 Å². The Kier molecular flexibility index (Phi) is 6.16. The minimum Gasteiger partial charge on any atom is -0.332 e. The number of amides is 3. The lowest BCUT2D eigenvalue weighted by atomic mass is 9.99. The summed E-state index contributed by atoms with van der Waals surface area (Å²) in [5.41, 5.74) is 6.20. The Hall–Kier alpha value is -3.13. The molecule has 1 aliphatic heterocycles. The summed E-state index contributed by atoms with van der Waals surface area (Å²) in [4.78, 5) is 27.2. The van der Waals surface area contributed by atoms with E-state index in [1.54, 1.807) is 29.2 Å². The number of urea groups is 1. The lowest BCUT2D eigenvalue weighted by Gasteiger charge is -2.22. The molecule has 0 saturated carbocycles. The van der Waals surface area contributed by atoms with Crippen LogP contribution in [-0.2, 0) is 35.7 Å². The Morgan fingerprint density at radius 3 is 2.29 bits per heavy atom. The maximum atomic E-state index is 12.8. The van der Waals surface area contributed by atoms with Gasteiger partial charge in [-0.05, 0) is 91.8 Å². The van der Waals surface area contributed by atoms with Gasteiger partial charge in [0.25, 0.3) is 15.9 Å². The number of anilines is 1. The molecule has 34 heavy (non-hydrogen) atoms. The van der Waals surface area contributed by atoms with Crippen LogP contribution in [0.25, 0.3) is 0 Å². The minimum absolute atomic E-state index is 0.123. The number of fused-ring (bicyclic) bond motifs is 2. The number of carbonyl (C=O) groups excluding carboxylic acids is 2. The zero-order valence-electron chi connectivity index (χ0n) is 19.0. The summed E-state index contributed by atoms with van der Waals surface area (Å²) >= 11 is 0. The molecule has 2 aliphatic carbocycles. The smallest absolute Gasteiger partial charge is 0.332 e. The van der Waals surface area contributed by atoms with E-state index in [-0.39, 0.29) is 11.9 Å². The Morgan fingerprint density at radius 2 is 1.62 bits per heavy atom. The van der Waals surface area contributed by atoms with Gasteiger partial charge in [-0.15, -0.1) is 0 Å². The maximum absolute atomic E-state index is 12.8. The highest BCUT2D eigenvalue weighted by molar-refractivity contribution is 7.92. The molecule has 1 fully saturated rings. The second-order valence-electron chi connectivity index (χ2n) is 9.24. The fraction of sp³-hybridized carbons (Fsp3) is 0.385. The van der Waals surface area contributed by atoms with Crippen molar-refractivity contribution in [2.24, 2.45) is 0 Å². The number of aryl methyl sites for hydroxylation is 2. The number of benzene rings is 2. The van der Waals surface area contributed by atoms with Crippen molar-refractivity contribution in [1.82, 2.24) is 9.62 Å². The van der Waals surface area contributed by atoms with Gasteiger partial charge in [-0.1, -0.05) is 24.3 Å². The number of nitrogens with zero attached hydrogens (tertiary/aromatic N) is 1. The molecule has 1 atom stereocenters. The van der Waals surface area contributed by atoms with Crippen LogP contribution < -0.4 is 10.0 Å². The van der Waals surface area contributed by atoms with Crippen LogP contribution in [0.2, 0.25) is 0 Å². The summed E-state index contributed by atoms with van der Waals surface area (Å²) in [6.45, 7) is 0.570. The Morgan fingerprint density at radius 1 is 0.941 bits per heavy atom. The zero-order chi connectivity index (χ0) is 23.7. The van der Waals surface area contributed by atoms with Crippen LogP contribution >= 0.6 is 0 Å². The molecule has 0 aromatic heterocycles. The van der Waals surface area contributed by atoms with E-state index in [9.17, 15) is 18.0 Å². The predicted molar refractivity (Wildman–Crippen MR) is 131 cm³/mol. The molecule has 3 aliphatic rings. The molecule has 3 amide bonds. The highest BCUT2D eigenvalue weighted by Gasteiger charge is 2.29. The summed E-state index contributed by atoms with van der Waals surface area (Å²) in [6.07, 6.45) is 8.88. The average Bonchev–Trinajstić information content (AvgIpc) is 3.57. The molecule has 5 rings (SSSR count). The highest BCUT2D eigenvalue weighted by atomic mass is 32.2. The van der Waals surface area contributed by atoms with Gasteiger partial charge in [-0.2, -0.15) is 0 Å². The topological polar surface area (TPSA) is 95.6 Å². The van der Waals surface area contributed by atoms with Crippen molar-refractivity contribution >= 4 is 27.6 Å². The minimum atomic E-state index is -4.01. The lowest BCUT2D eigenvalue weighted by molar-refractivity contribution is 0.0761. The van der Waals surface area contributed by atoms with Crippen molar-refractivity contribution in [3.8, 4) is 0 Å². The van der Waals surface area contributed by atoms with E-state index in [1.807, 2.05) is 6.07 Å². The number of likely N-dealkylation sites (tertiary alicyclic amines) is 1. The maximum Gasteiger partial charge on any atom is 0.333 e. The fourth-order valence-electron chi connectivity index (χ4n) is 5.45. The third-order valence-corrected chi connectivity index (χ3v) is 7.99. The highest BCUT2D eigenvalue weighted by Crippen LogP contribution is 2.38. The number of sulfonamides is 1. The van der Waals surface area contributed by atoms with Gasteiger partial charge in [0, 0.05) is 23.2 Å². The molecule has 0 spiro atoms. The monoisotopic (exact) mass is 479 g/mol. The van der Waals surface area contributed by atoms with Crippen molar-refractivity contribution in [3.63, 3.8) is 0 Å². The molecular formula is C26H29N3O4S. The van der Waals surface area contributed by atoms with Gasteiger partial charge >= 0.3 is 6.03 Å². The van der Waals surface area contributed by atoms with Crippen LogP contribution in [0.4, 0.5) is 10.5 Å². The quantitative estimate of drug-likeness (QED) is 0.679. The normalized spacial score (nSPS) is 19.3. The molecule has 0 bridgehead atoms. The Balaban J connectivity index is 1.27. The summed E-state index contributed by atoms with van der Waals surface area (Å²) in [6, 6.07) is 10.1. The standard InChI is InChI=1S/C26H29N3O4S/c30-25(18-7-2-1-3-8-18)29-15-6-11-21(29)14-16-34(32,33)28-26(31)27-24-22-12-4-9-19(22)17-20-10-5-13-23(20)24/h1-3,7-8,14,16-17,21H,4-6,9-13,15H2,(H2,27,28,31)/b16-14+/t21-/m1/s1. The first kappa shape index (κ1) is 22.7. The molecule has 2 N–H and O–H groups in total. The van der Waals surface area contributed by atoms with Gasteiger partial charge in [0.05, 0.1) is 6.04 Å². The van der Waals surface area contributed by atoms with E-state index >= 15 is 0 Å². The number of hydrogen-bond donors (Lipinski definition) is 2. The van der Waals surface area contributed by atoms with Gasteiger partial charge in [0.15, 0.2) is 0 Å². The predicted octanol–water partition coefficient (Wildman–Crippen LogP) is 3.93. The van der Waals surface area contributed by atoms with Crippen molar-refractivity contribution < 1.29 is 18.0 Å². The lowest BCUT2D eigenvalue weighted by Crippen LogP contribution is -2.36. The molecule has 7 nitrogen and oxygen atoms in total. The Bertz CT molecular complexity index is 1220. The van der Waals surface area contributed by atoms with E-state index in [0.717, 1.165) is 67.2 Å².